The molecule has 8 aromatic carbocycles. The highest BCUT2D eigenvalue weighted by molar-refractivity contribution is 6.21. The van der Waals surface area contributed by atoms with Crippen molar-refractivity contribution in [2.24, 2.45) is 0 Å². The van der Waals surface area contributed by atoms with Crippen molar-refractivity contribution < 1.29 is 8.83 Å². The summed E-state index contributed by atoms with van der Waals surface area (Å²) in [6.45, 7) is 0. The van der Waals surface area contributed by atoms with Gasteiger partial charge in [0.15, 0.2) is 11.2 Å². The number of nitrogens with zero attached hydrogens (tertiary/aromatic N) is 2. The molecule has 0 fully saturated rings. The number of rotatable bonds is 6. The highest BCUT2D eigenvalue weighted by Gasteiger charge is 2.25. The van der Waals surface area contributed by atoms with E-state index < -0.39 is 0 Å². The van der Waals surface area contributed by atoms with Crippen LogP contribution in [0.15, 0.2) is 191 Å². The summed E-state index contributed by atoms with van der Waals surface area (Å²) < 4.78 is 13.3. The van der Waals surface area contributed by atoms with Gasteiger partial charge in [0.25, 0.3) is 0 Å². The third-order valence-electron chi connectivity index (χ3n) is 9.70. The normalized spacial score (nSPS) is 11.5. The van der Waals surface area contributed by atoms with Gasteiger partial charge in [-0.25, -0.2) is 4.98 Å². The van der Waals surface area contributed by atoms with Crippen LogP contribution in [0.4, 0.5) is 17.1 Å². The molecule has 0 unspecified atom stereocenters. The first kappa shape index (κ1) is 29.0. The number of oxazole rings is 1. The van der Waals surface area contributed by atoms with E-state index in [-0.39, 0.29) is 0 Å². The topological polar surface area (TPSA) is 42.4 Å². The maximum atomic E-state index is 6.74. The van der Waals surface area contributed by atoms with E-state index in [0.29, 0.717) is 11.5 Å². The van der Waals surface area contributed by atoms with Crippen LogP contribution in [-0.2, 0) is 0 Å². The summed E-state index contributed by atoms with van der Waals surface area (Å²) in [5.74, 6) is 0.576. The average Bonchev–Trinajstić information content (AvgIpc) is 3.81. The summed E-state index contributed by atoms with van der Waals surface area (Å²) in [5.41, 5.74) is 11.5. The van der Waals surface area contributed by atoms with E-state index in [9.17, 15) is 0 Å². The van der Waals surface area contributed by atoms with Crippen LogP contribution in [0.5, 0.6) is 0 Å². The first-order chi connectivity index (χ1) is 25.3. The average molecular weight is 655 g/mol. The molecule has 0 radical (unpaired) electrons. The Morgan fingerprint density at radius 2 is 1.02 bits per heavy atom. The number of benzene rings is 8. The van der Waals surface area contributed by atoms with Gasteiger partial charge in [-0.2, -0.15) is 0 Å². The number of anilines is 3. The predicted octanol–water partition coefficient (Wildman–Crippen LogP) is 13.4. The minimum absolute atomic E-state index is 0.576. The summed E-state index contributed by atoms with van der Waals surface area (Å²) in [5, 5.41) is 4.35. The Morgan fingerprint density at radius 1 is 0.431 bits per heavy atom. The first-order valence-corrected chi connectivity index (χ1v) is 17.1. The second-order valence-corrected chi connectivity index (χ2v) is 12.8. The number of hydrogen-bond donors (Lipinski definition) is 0. The SMILES string of the molecule is c1ccc(-c2ccc(N(c3ccc(-c4cccc5ccccc45)cc3)c3cc4nc(-c5ccccc5)oc4c4c3oc3ccccc34)cc2)cc1. The summed E-state index contributed by atoms with van der Waals surface area (Å²) in [7, 11) is 0. The van der Waals surface area contributed by atoms with Crippen molar-refractivity contribution in [3.63, 3.8) is 0 Å². The third kappa shape index (κ3) is 4.96. The molecule has 0 aliphatic rings. The van der Waals surface area contributed by atoms with E-state index >= 15 is 0 Å². The lowest BCUT2D eigenvalue weighted by Gasteiger charge is -2.26. The maximum absolute atomic E-state index is 6.74. The molecular weight excluding hydrogens is 625 g/mol. The van der Waals surface area contributed by atoms with E-state index in [1.54, 1.807) is 0 Å². The number of fused-ring (bicyclic) bond motifs is 6. The zero-order valence-electron chi connectivity index (χ0n) is 27.5. The van der Waals surface area contributed by atoms with Crippen LogP contribution in [0, 0.1) is 0 Å². The zero-order valence-corrected chi connectivity index (χ0v) is 27.5. The zero-order chi connectivity index (χ0) is 33.7. The van der Waals surface area contributed by atoms with Gasteiger partial charge in [-0.3, -0.25) is 0 Å². The molecule has 10 rings (SSSR count). The maximum Gasteiger partial charge on any atom is 0.227 e. The van der Waals surface area contributed by atoms with Gasteiger partial charge in [0.05, 0.1) is 11.1 Å². The molecule has 0 saturated carbocycles. The van der Waals surface area contributed by atoms with Crippen LogP contribution < -0.4 is 4.90 Å². The van der Waals surface area contributed by atoms with E-state index in [0.717, 1.165) is 61.2 Å². The van der Waals surface area contributed by atoms with Crippen LogP contribution in [0.25, 0.3) is 77.5 Å². The van der Waals surface area contributed by atoms with Crippen molar-refractivity contribution in [1.82, 2.24) is 4.98 Å². The van der Waals surface area contributed by atoms with Gasteiger partial charge < -0.3 is 13.7 Å². The van der Waals surface area contributed by atoms with Gasteiger partial charge in [-0.1, -0.05) is 133 Å². The highest BCUT2D eigenvalue weighted by atomic mass is 16.4. The van der Waals surface area contributed by atoms with E-state index in [1.165, 1.54) is 21.9 Å². The van der Waals surface area contributed by atoms with Crippen molar-refractivity contribution in [2.75, 3.05) is 4.90 Å². The lowest BCUT2D eigenvalue weighted by atomic mass is 9.98. The van der Waals surface area contributed by atoms with E-state index in [4.69, 9.17) is 13.8 Å². The summed E-state index contributed by atoms with van der Waals surface area (Å²) in [6.07, 6.45) is 0. The van der Waals surface area contributed by atoms with Crippen LogP contribution in [0.3, 0.4) is 0 Å². The first-order valence-electron chi connectivity index (χ1n) is 17.1. The molecular formula is C47H30N2O2. The molecule has 4 heteroatoms. The Bertz CT molecular complexity index is 2830. The van der Waals surface area contributed by atoms with E-state index in [2.05, 4.69) is 132 Å². The summed E-state index contributed by atoms with van der Waals surface area (Å²) in [4.78, 5) is 7.32. The Balaban J connectivity index is 1.20. The van der Waals surface area contributed by atoms with Gasteiger partial charge in [-0.15, -0.1) is 0 Å². The Kier molecular flexibility index (Phi) is 6.78. The fraction of sp³-hybridized carbons (Fsp3) is 0. The summed E-state index contributed by atoms with van der Waals surface area (Å²) in [6, 6.07) is 63.3. The van der Waals surface area contributed by atoms with Gasteiger partial charge in [0, 0.05) is 22.3 Å². The second-order valence-electron chi connectivity index (χ2n) is 12.8. The number of para-hydroxylation sites is 1. The molecule has 0 aliphatic heterocycles. The Morgan fingerprint density at radius 3 is 1.76 bits per heavy atom. The van der Waals surface area contributed by atoms with Gasteiger partial charge in [-0.05, 0) is 81.6 Å². The van der Waals surface area contributed by atoms with Crippen molar-refractivity contribution >= 4 is 60.9 Å². The molecule has 0 bridgehead atoms. The fourth-order valence-electron chi connectivity index (χ4n) is 7.25. The van der Waals surface area contributed by atoms with Crippen LogP contribution in [0.1, 0.15) is 0 Å². The van der Waals surface area contributed by atoms with Gasteiger partial charge in [0.2, 0.25) is 5.89 Å². The Hall–Kier alpha value is -6.91. The molecule has 0 spiro atoms. The van der Waals surface area contributed by atoms with Crippen molar-refractivity contribution in [3.8, 4) is 33.7 Å². The van der Waals surface area contributed by atoms with Gasteiger partial charge in [0.1, 0.15) is 11.1 Å². The van der Waals surface area contributed by atoms with E-state index in [1.807, 2.05) is 54.6 Å². The molecule has 4 nitrogen and oxygen atoms in total. The van der Waals surface area contributed by atoms with Crippen LogP contribution >= 0.6 is 0 Å². The molecule has 0 aliphatic carbocycles. The van der Waals surface area contributed by atoms with Crippen molar-refractivity contribution in [3.05, 3.63) is 182 Å². The molecule has 0 amide bonds. The summed E-state index contributed by atoms with van der Waals surface area (Å²) >= 11 is 0. The second kappa shape index (κ2) is 11.9. The molecule has 2 heterocycles. The third-order valence-corrected chi connectivity index (χ3v) is 9.70. The number of aromatic nitrogens is 1. The molecule has 0 atom stereocenters. The molecule has 51 heavy (non-hydrogen) atoms. The lowest BCUT2D eigenvalue weighted by Crippen LogP contribution is -2.10. The quantitative estimate of drug-likeness (QED) is 0.179. The van der Waals surface area contributed by atoms with Crippen molar-refractivity contribution in [1.29, 1.82) is 0 Å². The fourth-order valence-corrected chi connectivity index (χ4v) is 7.25. The van der Waals surface area contributed by atoms with Crippen LogP contribution in [-0.4, -0.2) is 4.98 Å². The monoisotopic (exact) mass is 654 g/mol. The molecule has 10 aromatic rings. The molecule has 0 saturated heterocycles. The smallest absolute Gasteiger partial charge is 0.227 e. The highest BCUT2D eigenvalue weighted by Crippen LogP contribution is 2.46. The molecule has 0 N–H and O–H groups in total. The minimum atomic E-state index is 0.576. The minimum Gasteiger partial charge on any atom is -0.454 e. The number of furan rings is 1. The standard InChI is InChI=1S/C47H30N2O2/c1-3-12-31(13-4-1)32-22-26-36(27-23-32)49(37-28-24-34(25-29-37)39-20-11-17-33-14-7-8-18-38(33)39)42-30-41-45(51-47(48-41)35-15-5-2-6-16-35)44-40-19-9-10-21-43(40)50-46(42)44/h1-30H. The number of hydrogen-bond acceptors (Lipinski definition) is 4. The van der Waals surface area contributed by atoms with Crippen LogP contribution in [0.2, 0.25) is 0 Å². The van der Waals surface area contributed by atoms with Gasteiger partial charge >= 0.3 is 0 Å². The lowest BCUT2D eigenvalue weighted by molar-refractivity contribution is 0.622. The van der Waals surface area contributed by atoms with Crippen molar-refractivity contribution in [2.45, 2.75) is 0 Å². The Labute approximate surface area is 294 Å². The predicted molar refractivity (Wildman–Crippen MR) is 210 cm³/mol. The largest absolute Gasteiger partial charge is 0.454 e. The molecule has 2 aromatic heterocycles. The molecule has 240 valence electrons.